The molecular formula is C15H22N2O. The van der Waals surface area contributed by atoms with E-state index in [9.17, 15) is 4.79 Å². The molecule has 0 saturated heterocycles. The average Bonchev–Trinajstić information content (AvgIpc) is 3.21. The number of para-hydroxylation sites is 1. The lowest BCUT2D eigenvalue weighted by Gasteiger charge is -2.27. The Hall–Kier alpha value is -1.35. The summed E-state index contributed by atoms with van der Waals surface area (Å²) >= 11 is 0. The van der Waals surface area contributed by atoms with Gasteiger partial charge in [0.2, 0.25) is 5.91 Å². The highest BCUT2D eigenvalue weighted by molar-refractivity contribution is 5.99. The van der Waals surface area contributed by atoms with Gasteiger partial charge in [-0.1, -0.05) is 31.5 Å². The maximum absolute atomic E-state index is 12.6. The van der Waals surface area contributed by atoms with E-state index >= 15 is 0 Å². The number of unbranched alkanes of at least 4 members (excludes halogenated alkanes) is 1. The molecule has 0 spiro atoms. The molecule has 0 atom stereocenters. The molecule has 0 radical (unpaired) electrons. The lowest BCUT2D eigenvalue weighted by atomic mass is 10.0. The molecular weight excluding hydrogens is 224 g/mol. The Labute approximate surface area is 109 Å². The summed E-state index contributed by atoms with van der Waals surface area (Å²) in [4.78, 5) is 14.5. The van der Waals surface area contributed by atoms with E-state index < -0.39 is 0 Å². The van der Waals surface area contributed by atoms with Gasteiger partial charge < -0.3 is 10.6 Å². The minimum atomic E-state index is -0.260. The number of anilines is 1. The van der Waals surface area contributed by atoms with Crippen LogP contribution in [0.5, 0.6) is 0 Å². The van der Waals surface area contributed by atoms with Crippen molar-refractivity contribution in [3.8, 4) is 0 Å². The third kappa shape index (κ3) is 2.56. The third-order valence-electron chi connectivity index (χ3n) is 3.75. The molecule has 98 valence electrons. The Morgan fingerprint density at radius 1 is 1.33 bits per heavy atom. The van der Waals surface area contributed by atoms with Gasteiger partial charge in [0.05, 0.1) is 5.41 Å². The minimum Gasteiger partial charge on any atom is -0.329 e. The Kier molecular flexibility index (Phi) is 4.02. The van der Waals surface area contributed by atoms with Crippen LogP contribution in [0.1, 0.15) is 32.6 Å². The maximum Gasteiger partial charge on any atom is 0.234 e. The molecule has 1 saturated carbocycles. The number of benzene rings is 1. The smallest absolute Gasteiger partial charge is 0.234 e. The summed E-state index contributed by atoms with van der Waals surface area (Å²) in [5.41, 5.74) is 6.50. The van der Waals surface area contributed by atoms with Crippen LogP contribution in [0.15, 0.2) is 30.3 Å². The first-order valence-electron chi connectivity index (χ1n) is 6.80. The second-order valence-corrected chi connectivity index (χ2v) is 5.13. The van der Waals surface area contributed by atoms with Crippen LogP contribution < -0.4 is 10.6 Å². The van der Waals surface area contributed by atoms with Gasteiger partial charge >= 0.3 is 0 Å². The lowest BCUT2D eigenvalue weighted by molar-refractivity contribution is -0.123. The van der Waals surface area contributed by atoms with E-state index in [1.54, 1.807) is 0 Å². The molecule has 0 unspecified atom stereocenters. The summed E-state index contributed by atoms with van der Waals surface area (Å²) in [6.07, 6.45) is 4.00. The second kappa shape index (κ2) is 5.53. The van der Waals surface area contributed by atoms with Crippen LogP contribution in [-0.4, -0.2) is 19.0 Å². The Morgan fingerprint density at radius 2 is 2.00 bits per heavy atom. The van der Waals surface area contributed by atoms with Crippen LogP contribution in [-0.2, 0) is 4.79 Å². The van der Waals surface area contributed by atoms with E-state index in [-0.39, 0.29) is 11.3 Å². The quantitative estimate of drug-likeness (QED) is 0.838. The summed E-state index contributed by atoms with van der Waals surface area (Å²) in [5, 5.41) is 0. The predicted octanol–water partition coefficient (Wildman–Crippen LogP) is 2.56. The minimum absolute atomic E-state index is 0.213. The molecule has 1 aliphatic rings. The van der Waals surface area contributed by atoms with Crippen molar-refractivity contribution in [2.24, 2.45) is 11.1 Å². The number of carbonyl (C=O) groups is 1. The molecule has 3 heteroatoms. The van der Waals surface area contributed by atoms with Gasteiger partial charge in [0, 0.05) is 18.8 Å². The summed E-state index contributed by atoms with van der Waals surface area (Å²) in [7, 11) is 0. The van der Waals surface area contributed by atoms with Gasteiger partial charge in [-0.3, -0.25) is 4.79 Å². The molecule has 2 N–H and O–H groups in total. The SMILES string of the molecule is CCCCN(C(=O)C1(CN)CC1)c1ccccc1. The topological polar surface area (TPSA) is 46.3 Å². The molecule has 1 aromatic carbocycles. The zero-order valence-electron chi connectivity index (χ0n) is 11.1. The molecule has 1 amide bonds. The van der Waals surface area contributed by atoms with Crippen LogP contribution in [0.2, 0.25) is 0 Å². The monoisotopic (exact) mass is 246 g/mol. The van der Waals surface area contributed by atoms with E-state index in [2.05, 4.69) is 6.92 Å². The van der Waals surface area contributed by atoms with Gasteiger partial charge in [0.25, 0.3) is 0 Å². The fourth-order valence-electron chi connectivity index (χ4n) is 2.21. The number of nitrogens with zero attached hydrogens (tertiary/aromatic N) is 1. The Bertz CT molecular complexity index is 398. The van der Waals surface area contributed by atoms with Gasteiger partial charge in [-0.25, -0.2) is 0 Å². The lowest BCUT2D eigenvalue weighted by Crippen LogP contribution is -2.41. The predicted molar refractivity (Wildman–Crippen MR) is 74.4 cm³/mol. The van der Waals surface area contributed by atoms with Crippen molar-refractivity contribution in [3.05, 3.63) is 30.3 Å². The van der Waals surface area contributed by atoms with Crippen molar-refractivity contribution in [1.82, 2.24) is 0 Å². The van der Waals surface area contributed by atoms with Crippen molar-refractivity contribution in [1.29, 1.82) is 0 Å². The molecule has 0 aliphatic heterocycles. The van der Waals surface area contributed by atoms with Gasteiger partial charge in [-0.15, -0.1) is 0 Å². The van der Waals surface area contributed by atoms with Crippen LogP contribution in [0, 0.1) is 5.41 Å². The number of hydrogen-bond acceptors (Lipinski definition) is 2. The van der Waals surface area contributed by atoms with E-state index in [1.807, 2.05) is 35.2 Å². The van der Waals surface area contributed by atoms with Crippen molar-refractivity contribution >= 4 is 11.6 Å². The Balaban J connectivity index is 2.18. The van der Waals surface area contributed by atoms with Gasteiger partial charge in [0.15, 0.2) is 0 Å². The van der Waals surface area contributed by atoms with Crippen LogP contribution in [0.25, 0.3) is 0 Å². The Morgan fingerprint density at radius 3 is 2.50 bits per heavy atom. The zero-order valence-corrected chi connectivity index (χ0v) is 11.1. The summed E-state index contributed by atoms with van der Waals surface area (Å²) in [6, 6.07) is 9.93. The highest BCUT2D eigenvalue weighted by Gasteiger charge is 2.50. The highest BCUT2D eigenvalue weighted by Crippen LogP contribution is 2.46. The molecule has 0 bridgehead atoms. The molecule has 1 aromatic rings. The van der Waals surface area contributed by atoms with E-state index in [4.69, 9.17) is 5.73 Å². The molecule has 3 nitrogen and oxygen atoms in total. The fraction of sp³-hybridized carbons (Fsp3) is 0.533. The first-order valence-corrected chi connectivity index (χ1v) is 6.80. The van der Waals surface area contributed by atoms with Crippen molar-refractivity contribution < 1.29 is 4.79 Å². The second-order valence-electron chi connectivity index (χ2n) is 5.13. The van der Waals surface area contributed by atoms with Crippen molar-refractivity contribution in [2.45, 2.75) is 32.6 Å². The van der Waals surface area contributed by atoms with E-state index in [1.165, 1.54) is 0 Å². The molecule has 0 aromatic heterocycles. The molecule has 1 fully saturated rings. The van der Waals surface area contributed by atoms with Gasteiger partial charge in [0.1, 0.15) is 0 Å². The molecule has 1 aliphatic carbocycles. The third-order valence-corrected chi connectivity index (χ3v) is 3.75. The number of amides is 1. The zero-order chi connectivity index (χ0) is 13.0. The fourth-order valence-corrected chi connectivity index (χ4v) is 2.21. The molecule has 2 rings (SSSR count). The number of hydrogen-bond donors (Lipinski definition) is 1. The standard InChI is InChI=1S/C15H22N2O/c1-2-3-11-17(13-7-5-4-6-8-13)14(18)15(12-16)9-10-15/h4-8H,2-3,9-12,16H2,1H3. The normalized spacial score (nSPS) is 16.3. The number of carbonyl (C=O) groups excluding carboxylic acids is 1. The van der Waals surface area contributed by atoms with Crippen LogP contribution >= 0.6 is 0 Å². The first-order chi connectivity index (χ1) is 8.73. The summed E-state index contributed by atoms with van der Waals surface area (Å²) < 4.78 is 0. The summed E-state index contributed by atoms with van der Waals surface area (Å²) in [5.74, 6) is 0.213. The van der Waals surface area contributed by atoms with Crippen LogP contribution in [0.4, 0.5) is 5.69 Å². The summed E-state index contributed by atoms with van der Waals surface area (Å²) in [6.45, 7) is 3.41. The van der Waals surface area contributed by atoms with Gasteiger partial charge in [-0.2, -0.15) is 0 Å². The largest absolute Gasteiger partial charge is 0.329 e. The number of nitrogens with two attached hydrogens (primary N) is 1. The van der Waals surface area contributed by atoms with Crippen molar-refractivity contribution in [2.75, 3.05) is 18.0 Å². The average molecular weight is 246 g/mol. The number of rotatable bonds is 6. The van der Waals surface area contributed by atoms with E-state index in [0.29, 0.717) is 6.54 Å². The molecule has 18 heavy (non-hydrogen) atoms. The van der Waals surface area contributed by atoms with Gasteiger partial charge in [-0.05, 0) is 31.4 Å². The highest BCUT2D eigenvalue weighted by atomic mass is 16.2. The van der Waals surface area contributed by atoms with E-state index in [0.717, 1.165) is 37.9 Å². The van der Waals surface area contributed by atoms with Crippen molar-refractivity contribution in [3.63, 3.8) is 0 Å². The maximum atomic E-state index is 12.6. The molecule has 0 heterocycles. The first kappa shape index (κ1) is 13.1. The van der Waals surface area contributed by atoms with Crippen LogP contribution in [0.3, 0.4) is 0 Å².